The molecule has 36 heavy (non-hydrogen) atoms. The van der Waals surface area contributed by atoms with Gasteiger partial charge >= 0.3 is 0 Å². The number of aromatic nitrogens is 2. The molecule has 4 rings (SSSR count). The Morgan fingerprint density at radius 1 is 1.28 bits per heavy atom. The minimum Gasteiger partial charge on any atom is -0.502 e. The molecule has 0 radical (unpaired) electrons. The Morgan fingerprint density at radius 3 is 2.78 bits per heavy atom. The summed E-state index contributed by atoms with van der Waals surface area (Å²) in [6, 6.07) is 3.05. The van der Waals surface area contributed by atoms with Gasteiger partial charge in [0.15, 0.2) is 17.2 Å². The number of methoxy groups -OCH3 is 1. The summed E-state index contributed by atoms with van der Waals surface area (Å²) in [5.74, 6) is -3.55. The third kappa shape index (κ3) is 5.29. The minimum absolute atomic E-state index is 0.0678. The molecule has 1 aliphatic rings. The molecule has 1 amide bonds. The fourth-order valence-electron chi connectivity index (χ4n) is 4.00. The van der Waals surface area contributed by atoms with Crippen LogP contribution in [0.1, 0.15) is 44.9 Å². The molecular formula is C24H24F2N4O5S. The summed E-state index contributed by atoms with van der Waals surface area (Å²) in [7, 11) is 1.55. The highest BCUT2D eigenvalue weighted by atomic mass is 32.1. The van der Waals surface area contributed by atoms with Gasteiger partial charge in [0.1, 0.15) is 18.3 Å². The lowest BCUT2D eigenvalue weighted by Crippen LogP contribution is -2.54. The van der Waals surface area contributed by atoms with Gasteiger partial charge in [-0.25, -0.2) is 13.8 Å². The molecule has 1 N–H and O–H groups in total. The van der Waals surface area contributed by atoms with Crippen LogP contribution in [0.2, 0.25) is 0 Å². The Labute approximate surface area is 209 Å². The summed E-state index contributed by atoms with van der Waals surface area (Å²) in [4.78, 5) is 44.8. The Balaban J connectivity index is 1.66. The molecule has 9 nitrogen and oxygen atoms in total. The topological polar surface area (TPSA) is 105 Å². The summed E-state index contributed by atoms with van der Waals surface area (Å²) in [6.07, 6.45) is 1.47. The zero-order chi connectivity index (χ0) is 25.8. The zero-order valence-corrected chi connectivity index (χ0v) is 20.3. The summed E-state index contributed by atoms with van der Waals surface area (Å²) in [5.41, 5.74) is 0.928. The number of pyridine rings is 1. The van der Waals surface area contributed by atoms with Crippen LogP contribution >= 0.6 is 11.3 Å². The first-order chi connectivity index (χ1) is 17.3. The molecule has 3 aromatic rings. The summed E-state index contributed by atoms with van der Waals surface area (Å²) >= 11 is 1.40. The predicted molar refractivity (Wildman–Crippen MR) is 128 cm³/mol. The van der Waals surface area contributed by atoms with E-state index in [1.165, 1.54) is 33.2 Å². The standard InChI is InChI=1S/C24H24F2N4O5S/c1-35-8-2-7-28-14-29(10-17-12-36-13-27-17)30-11-18(22(32)23(33)21(30)24(28)34)20(31)6-4-15-3-5-16(25)9-19(15)26/h3,5,9,11-13,33H,2,4,6-8,10,14H2,1H3. The van der Waals surface area contributed by atoms with Crippen molar-refractivity contribution in [3.8, 4) is 5.75 Å². The number of thiazole rings is 1. The van der Waals surface area contributed by atoms with Crippen molar-refractivity contribution < 1.29 is 28.2 Å². The molecule has 0 atom stereocenters. The van der Waals surface area contributed by atoms with Crippen molar-refractivity contribution in [3.05, 3.63) is 79.7 Å². The highest BCUT2D eigenvalue weighted by Crippen LogP contribution is 2.23. The van der Waals surface area contributed by atoms with Crippen LogP contribution in [0.15, 0.2) is 40.1 Å². The van der Waals surface area contributed by atoms with E-state index < -0.39 is 34.5 Å². The van der Waals surface area contributed by atoms with E-state index in [0.29, 0.717) is 25.3 Å². The molecule has 2 aromatic heterocycles. The van der Waals surface area contributed by atoms with Crippen LogP contribution in [0.5, 0.6) is 5.75 Å². The minimum atomic E-state index is -0.980. The van der Waals surface area contributed by atoms with E-state index in [-0.39, 0.29) is 42.9 Å². The van der Waals surface area contributed by atoms with E-state index in [1.54, 1.807) is 17.6 Å². The van der Waals surface area contributed by atoms with Crippen molar-refractivity contribution in [2.45, 2.75) is 25.8 Å². The molecule has 1 aromatic carbocycles. The smallest absolute Gasteiger partial charge is 0.277 e. The number of aromatic hydroxyl groups is 1. The lowest BCUT2D eigenvalue weighted by molar-refractivity contribution is 0.0663. The first-order valence-corrected chi connectivity index (χ1v) is 12.1. The summed E-state index contributed by atoms with van der Waals surface area (Å²) < 4.78 is 33.5. The lowest BCUT2D eigenvalue weighted by atomic mass is 10.0. The normalized spacial score (nSPS) is 13.2. The second kappa shape index (κ2) is 11.0. The summed E-state index contributed by atoms with van der Waals surface area (Å²) in [6.45, 7) is 1.14. The van der Waals surface area contributed by atoms with Crippen LogP contribution in [0.3, 0.4) is 0 Å². The fraction of sp³-hybridized carbons (Fsp3) is 0.333. The van der Waals surface area contributed by atoms with Crippen LogP contribution in [-0.2, 0) is 17.7 Å². The molecule has 12 heteroatoms. The number of aryl methyl sites for hydroxylation is 1. The number of carbonyl (C=O) groups is 2. The van der Waals surface area contributed by atoms with E-state index in [4.69, 9.17) is 4.74 Å². The van der Waals surface area contributed by atoms with Crippen molar-refractivity contribution in [1.82, 2.24) is 14.6 Å². The largest absolute Gasteiger partial charge is 0.502 e. The molecule has 190 valence electrons. The number of carbonyl (C=O) groups excluding carboxylic acids is 2. The number of Topliss-reactive ketones (excluding diaryl/α,β-unsaturated/α-hetero) is 1. The number of nitrogens with zero attached hydrogens (tertiary/aromatic N) is 4. The number of benzene rings is 1. The van der Waals surface area contributed by atoms with Crippen molar-refractivity contribution in [1.29, 1.82) is 0 Å². The van der Waals surface area contributed by atoms with Crippen molar-refractivity contribution in [2.24, 2.45) is 0 Å². The van der Waals surface area contributed by atoms with E-state index in [2.05, 4.69) is 4.98 Å². The predicted octanol–water partition coefficient (Wildman–Crippen LogP) is 2.69. The van der Waals surface area contributed by atoms with Gasteiger partial charge in [0.25, 0.3) is 5.91 Å². The van der Waals surface area contributed by atoms with E-state index in [1.807, 2.05) is 5.38 Å². The average molecular weight is 519 g/mol. The monoisotopic (exact) mass is 518 g/mol. The van der Waals surface area contributed by atoms with Gasteiger partial charge in [-0.3, -0.25) is 24.1 Å². The molecule has 0 unspecified atom stereocenters. The second-order valence-corrected chi connectivity index (χ2v) is 8.99. The van der Waals surface area contributed by atoms with Crippen molar-refractivity contribution in [3.63, 3.8) is 0 Å². The molecule has 3 heterocycles. The van der Waals surface area contributed by atoms with E-state index >= 15 is 0 Å². The Morgan fingerprint density at radius 2 is 2.08 bits per heavy atom. The van der Waals surface area contributed by atoms with Crippen molar-refractivity contribution in [2.75, 3.05) is 31.9 Å². The van der Waals surface area contributed by atoms with Gasteiger partial charge in [0.05, 0.1) is 23.3 Å². The van der Waals surface area contributed by atoms with Crippen LogP contribution in [0.25, 0.3) is 0 Å². The Bertz CT molecular complexity index is 1330. The SMILES string of the molecule is COCCCN1CN(Cc2cscn2)n2cc(C(=O)CCc3ccc(F)cc3F)c(=O)c(O)c2C1=O. The van der Waals surface area contributed by atoms with Gasteiger partial charge < -0.3 is 14.7 Å². The quantitative estimate of drug-likeness (QED) is 0.325. The lowest BCUT2D eigenvalue weighted by Gasteiger charge is -2.39. The first-order valence-electron chi connectivity index (χ1n) is 11.2. The first kappa shape index (κ1) is 25.5. The number of rotatable bonds is 10. The number of fused-ring (bicyclic) bond motifs is 1. The molecular weight excluding hydrogens is 494 g/mol. The fourth-order valence-corrected chi connectivity index (χ4v) is 4.55. The molecule has 0 saturated heterocycles. The third-order valence-electron chi connectivity index (χ3n) is 5.83. The third-order valence-corrected chi connectivity index (χ3v) is 6.47. The molecule has 0 aliphatic carbocycles. The second-order valence-electron chi connectivity index (χ2n) is 8.27. The van der Waals surface area contributed by atoms with E-state index in [0.717, 1.165) is 12.1 Å². The van der Waals surface area contributed by atoms with Gasteiger partial charge in [0, 0.05) is 44.3 Å². The van der Waals surface area contributed by atoms with Crippen molar-refractivity contribution >= 4 is 23.0 Å². The molecule has 0 bridgehead atoms. The van der Waals surface area contributed by atoms with Gasteiger partial charge in [0.2, 0.25) is 5.43 Å². The number of hydrogen-bond acceptors (Lipinski definition) is 8. The maximum Gasteiger partial charge on any atom is 0.277 e. The maximum absolute atomic E-state index is 14.0. The average Bonchev–Trinajstić information content (AvgIpc) is 3.36. The highest BCUT2D eigenvalue weighted by Gasteiger charge is 2.34. The number of halogens is 2. The number of hydrogen-bond donors (Lipinski definition) is 1. The Hall–Kier alpha value is -3.64. The number of ketones is 1. The van der Waals surface area contributed by atoms with E-state index in [9.17, 15) is 28.3 Å². The maximum atomic E-state index is 14.0. The molecule has 0 spiro atoms. The van der Waals surface area contributed by atoms with Gasteiger partial charge in [-0.05, 0) is 24.5 Å². The Kier molecular flexibility index (Phi) is 7.75. The number of ether oxygens (including phenoxy) is 1. The van der Waals surface area contributed by atoms with Crippen LogP contribution in [0, 0.1) is 11.6 Å². The summed E-state index contributed by atoms with van der Waals surface area (Å²) in [5, 5.41) is 14.3. The van der Waals surface area contributed by atoms with Crippen LogP contribution < -0.4 is 10.4 Å². The number of amides is 1. The van der Waals surface area contributed by atoms with Gasteiger partial charge in [-0.1, -0.05) is 6.07 Å². The van der Waals surface area contributed by atoms with Gasteiger partial charge in [-0.15, -0.1) is 11.3 Å². The highest BCUT2D eigenvalue weighted by molar-refractivity contribution is 7.07. The van der Waals surface area contributed by atoms with Gasteiger partial charge in [-0.2, -0.15) is 0 Å². The molecule has 0 saturated carbocycles. The molecule has 1 aliphatic heterocycles. The zero-order valence-electron chi connectivity index (χ0n) is 19.4. The molecule has 0 fully saturated rings. The van der Waals surface area contributed by atoms with Crippen LogP contribution in [0.4, 0.5) is 8.78 Å². The van der Waals surface area contributed by atoms with Crippen LogP contribution in [-0.4, -0.2) is 58.3 Å².